The summed E-state index contributed by atoms with van der Waals surface area (Å²) in [7, 11) is -1.60. The number of aromatic nitrogens is 1. The normalized spacial score (nSPS) is 9.73. The highest BCUT2D eigenvalue weighted by atomic mass is 35.5. The summed E-state index contributed by atoms with van der Waals surface area (Å²) in [4.78, 5) is 3.64. The Bertz CT molecular complexity index is 269. The monoisotopic (exact) mass is 172 g/mol. The largest absolute Gasteiger partial charge is 0.490 e. The summed E-state index contributed by atoms with van der Waals surface area (Å²) in [5.41, 5.74) is 5.73. The average Bonchev–Trinajstić information content (AvgIpc) is 1.94. The van der Waals surface area contributed by atoms with Gasteiger partial charge in [-0.15, -0.1) is 0 Å². The number of nitrogen functional groups attached to an aromatic ring is 1. The van der Waals surface area contributed by atoms with E-state index in [0.29, 0.717) is 0 Å². The quantitative estimate of drug-likeness (QED) is 0.375. The van der Waals surface area contributed by atoms with Gasteiger partial charge in [0.2, 0.25) is 0 Å². The summed E-state index contributed by atoms with van der Waals surface area (Å²) < 4.78 is 0. The Morgan fingerprint density at radius 2 is 2.18 bits per heavy atom. The molecule has 0 aromatic carbocycles. The number of hydrogen-bond donors (Lipinski definition) is 3. The van der Waals surface area contributed by atoms with Crippen LogP contribution >= 0.6 is 11.6 Å². The van der Waals surface area contributed by atoms with Gasteiger partial charge in [0.25, 0.3) is 0 Å². The van der Waals surface area contributed by atoms with E-state index in [-0.39, 0.29) is 16.3 Å². The summed E-state index contributed by atoms with van der Waals surface area (Å²) in [6.07, 6.45) is 1.27. The second-order valence-corrected chi connectivity index (χ2v) is 2.40. The van der Waals surface area contributed by atoms with E-state index >= 15 is 0 Å². The Balaban J connectivity index is 3.13. The van der Waals surface area contributed by atoms with Gasteiger partial charge in [-0.3, -0.25) is 0 Å². The summed E-state index contributed by atoms with van der Waals surface area (Å²) in [5.74, 6) is 0. The van der Waals surface area contributed by atoms with Crippen LogP contribution in [0, 0.1) is 0 Å². The molecule has 6 heteroatoms. The van der Waals surface area contributed by atoms with Gasteiger partial charge in [-0.2, -0.15) is 0 Å². The number of hydrogen-bond acceptors (Lipinski definition) is 4. The summed E-state index contributed by atoms with van der Waals surface area (Å²) in [6, 6.07) is 1.31. The van der Waals surface area contributed by atoms with E-state index in [4.69, 9.17) is 27.4 Å². The highest BCUT2D eigenvalue weighted by Gasteiger charge is 2.14. The van der Waals surface area contributed by atoms with Crippen molar-refractivity contribution in [2.24, 2.45) is 0 Å². The van der Waals surface area contributed by atoms with Gasteiger partial charge in [-0.05, 0) is 6.07 Å². The van der Waals surface area contributed by atoms with E-state index in [9.17, 15) is 0 Å². The lowest BCUT2D eigenvalue weighted by molar-refractivity contribution is 0.426. The topological polar surface area (TPSA) is 79.4 Å². The molecule has 0 radical (unpaired) electrons. The third kappa shape index (κ3) is 1.83. The zero-order valence-corrected chi connectivity index (χ0v) is 6.28. The van der Waals surface area contributed by atoms with Crippen LogP contribution in [0.2, 0.25) is 5.15 Å². The first-order valence-electron chi connectivity index (χ1n) is 2.88. The van der Waals surface area contributed by atoms with Gasteiger partial charge in [0.05, 0.1) is 6.20 Å². The molecule has 0 fully saturated rings. The number of halogens is 1. The van der Waals surface area contributed by atoms with Crippen molar-refractivity contribution in [1.29, 1.82) is 0 Å². The molecular weight excluding hydrogens is 166 g/mol. The lowest BCUT2D eigenvalue weighted by Crippen LogP contribution is -2.32. The lowest BCUT2D eigenvalue weighted by atomic mass is 9.80. The smallest absolute Gasteiger partial charge is 0.423 e. The molecule has 1 rings (SSSR count). The lowest BCUT2D eigenvalue weighted by Gasteiger charge is -2.02. The molecular formula is C5H6BClN2O2. The predicted octanol–water partition coefficient (Wildman–Crippen LogP) is -1.00. The molecule has 4 nitrogen and oxygen atoms in total. The van der Waals surface area contributed by atoms with Crippen LogP contribution in [-0.2, 0) is 0 Å². The van der Waals surface area contributed by atoms with Crippen molar-refractivity contribution >= 4 is 29.9 Å². The summed E-state index contributed by atoms with van der Waals surface area (Å²) in [5, 5.41) is 17.6. The van der Waals surface area contributed by atoms with Crippen molar-refractivity contribution in [2.45, 2.75) is 0 Å². The molecule has 0 saturated heterocycles. The minimum absolute atomic E-state index is 0.171. The third-order valence-corrected chi connectivity index (χ3v) is 1.42. The summed E-state index contributed by atoms with van der Waals surface area (Å²) >= 11 is 5.47. The maximum Gasteiger partial charge on any atom is 0.490 e. The van der Waals surface area contributed by atoms with E-state index in [2.05, 4.69) is 4.98 Å². The molecule has 0 bridgehead atoms. The van der Waals surface area contributed by atoms with E-state index in [1.165, 1.54) is 12.3 Å². The second kappa shape index (κ2) is 3.08. The van der Waals surface area contributed by atoms with Crippen molar-refractivity contribution < 1.29 is 10.0 Å². The fourth-order valence-electron chi connectivity index (χ4n) is 0.678. The van der Waals surface area contributed by atoms with Gasteiger partial charge in [0, 0.05) is 11.2 Å². The minimum atomic E-state index is -1.60. The first-order chi connectivity index (χ1) is 5.11. The molecule has 0 unspecified atom stereocenters. The zero-order chi connectivity index (χ0) is 8.43. The molecule has 0 aliphatic carbocycles. The van der Waals surface area contributed by atoms with Crippen molar-refractivity contribution in [3.8, 4) is 0 Å². The fourth-order valence-corrected chi connectivity index (χ4v) is 0.845. The first-order valence-corrected chi connectivity index (χ1v) is 3.26. The molecule has 0 saturated carbocycles. The Morgan fingerprint density at radius 3 is 2.64 bits per heavy atom. The highest BCUT2D eigenvalue weighted by molar-refractivity contribution is 6.60. The molecule has 0 aliphatic rings. The Labute approximate surface area is 68.8 Å². The zero-order valence-electron chi connectivity index (χ0n) is 5.53. The fraction of sp³-hybridized carbons (Fsp3) is 0. The van der Waals surface area contributed by atoms with Gasteiger partial charge >= 0.3 is 7.12 Å². The van der Waals surface area contributed by atoms with Crippen LogP contribution in [0.15, 0.2) is 12.3 Å². The van der Waals surface area contributed by atoms with Crippen LogP contribution in [0.1, 0.15) is 0 Å². The van der Waals surface area contributed by atoms with Gasteiger partial charge in [-0.25, -0.2) is 4.98 Å². The number of nitrogens with two attached hydrogens (primary N) is 1. The van der Waals surface area contributed by atoms with Crippen LogP contribution < -0.4 is 11.2 Å². The number of pyridine rings is 1. The van der Waals surface area contributed by atoms with E-state index in [1.54, 1.807) is 0 Å². The third-order valence-electron chi connectivity index (χ3n) is 1.21. The van der Waals surface area contributed by atoms with Crippen LogP contribution in [0.25, 0.3) is 0 Å². The Hall–Kier alpha value is -0.775. The van der Waals surface area contributed by atoms with Crippen molar-refractivity contribution in [1.82, 2.24) is 4.98 Å². The highest BCUT2D eigenvalue weighted by Crippen LogP contribution is 2.04. The molecule has 0 amide bonds. The maximum atomic E-state index is 8.72. The van der Waals surface area contributed by atoms with Crippen molar-refractivity contribution in [3.63, 3.8) is 0 Å². The van der Waals surface area contributed by atoms with E-state index in [1.807, 2.05) is 0 Å². The molecule has 1 heterocycles. The number of anilines is 1. The number of nitrogens with zero attached hydrogens (tertiary/aromatic N) is 1. The van der Waals surface area contributed by atoms with E-state index < -0.39 is 7.12 Å². The molecule has 1 aromatic rings. The maximum absolute atomic E-state index is 8.72. The Kier molecular flexibility index (Phi) is 2.33. The molecule has 4 N–H and O–H groups in total. The molecule has 0 spiro atoms. The van der Waals surface area contributed by atoms with Crippen LogP contribution in [-0.4, -0.2) is 22.2 Å². The van der Waals surface area contributed by atoms with Crippen molar-refractivity contribution in [2.75, 3.05) is 5.73 Å². The Morgan fingerprint density at radius 1 is 1.55 bits per heavy atom. The number of rotatable bonds is 1. The average molecular weight is 172 g/mol. The van der Waals surface area contributed by atoms with Crippen LogP contribution in [0.5, 0.6) is 0 Å². The molecule has 58 valence electrons. The van der Waals surface area contributed by atoms with Gasteiger partial charge in [-0.1, -0.05) is 11.6 Å². The molecule has 0 atom stereocenters. The SMILES string of the molecule is Nc1cnc(Cl)cc1B(O)O. The van der Waals surface area contributed by atoms with Crippen LogP contribution in [0.3, 0.4) is 0 Å². The minimum Gasteiger partial charge on any atom is -0.423 e. The van der Waals surface area contributed by atoms with Crippen LogP contribution in [0.4, 0.5) is 5.69 Å². The summed E-state index contributed by atoms with van der Waals surface area (Å²) in [6.45, 7) is 0. The first kappa shape index (κ1) is 8.32. The van der Waals surface area contributed by atoms with Gasteiger partial charge in [0.1, 0.15) is 5.15 Å². The second-order valence-electron chi connectivity index (χ2n) is 2.01. The standard InChI is InChI=1S/C5H6BClN2O2/c7-5-1-3(6(10)11)4(8)2-9-5/h1-2,10-11H,8H2. The molecule has 1 aromatic heterocycles. The predicted molar refractivity (Wildman–Crippen MR) is 43.5 cm³/mol. The van der Waals surface area contributed by atoms with Gasteiger partial charge < -0.3 is 15.8 Å². The van der Waals surface area contributed by atoms with Gasteiger partial charge in [0.15, 0.2) is 0 Å². The van der Waals surface area contributed by atoms with E-state index in [0.717, 1.165) is 0 Å². The molecule has 11 heavy (non-hydrogen) atoms. The van der Waals surface area contributed by atoms with Crippen molar-refractivity contribution in [3.05, 3.63) is 17.4 Å². The molecule has 0 aliphatic heterocycles.